The van der Waals surface area contributed by atoms with Gasteiger partial charge in [0.15, 0.2) is 0 Å². The minimum atomic E-state index is -3.64. The highest BCUT2D eigenvalue weighted by Gasteiger charge is 2.31. The number of benzene rings is 2. The lowest BCUT2D eigenvalue weighted by atomic mass is 9.94. The maximum Gasteiger partial charge on any atom is 0.414 e. The molecule has 1 unspecified atom stereocenters. The highest BCUT2D eigenvalue weighted by Crippen LogP contribution is 2.31. The van der Waals surface area contributed by atoms with Crippen molar-refractivity contribution in [1.82, 2.24) is 0 Å². The molecule has 7 heteroatoms. The van der Waals surface area contributed by atoms with E-state index < -0.39 is 15.1 Å². The van der Waals surface area contributed by atoms with E-state index in [0.29, 0.717) is 6.42 Å². The summed E-state index contributed by atoms with van der Waals surface area (Å²) in [6, 6.07) is 16.8. The number of hydrogen-bond donors (Lipinski definition) is 0. The van der Waals surface area contributed by atoms with Crippen LogP contribution >= 0.6 is 10.7 Å². The Morgan fingerprint density at radius 1 is 1.12 bits per heavy atom. The van der Waals surface area contributed by atoms with Gasteiger partial charge in [-0.25, -0.2) is 13.2 Å². The fourth-order valence-corrected chi connectivity index (χ4v) is 4.36. The summed E-state index contributed by atoms with van der Waals surface area (Å²) in [6.45, 7) is 0.424. The summed E-state index contributed by atoms with van der Waals surface area (Å²) in [7, 11) is 1.76. The van der Waals surface area contributed by atoms with Crippen molar-refractivity contribution in [2.75, 3.05) is 17.2 Å². The van der Waals surface area contributed by atoms with E-state index in [1.165, 1.54) is 4.90 Å². The minimum Gasteiger partial charge on any atom is -0.444 e. The zero-order chi connectivity index (χ0) is 17.9. The molecule has 1 heterocycles. The van der Waals surface area contributed by atoms with Gasteiger partial charge in [-0.05, 0) is 29.5 Å². The Kier molecular flexibility index (Phi) is 5.30. The lowest BCUT2D eigenvalue weighted by Gasteiger charge is -2.33. The molecule has 25 heavy (non-hydrogen) atoms. The van der Waals surface area contributed by atoms with Crippen LogP contribution in [0.1, 0.15) is 11.1 Å². The molecule has 0 saturated heterocycles. The van der Waals surface area contributed by atoms with Crippen molar-refractivity contribution < 1.29 is 17.9 Å². The van der Waals surface area contributed by atoms with Crippen LogP contribution in [0.5, 0.6) is 0 Å². The third-order valence-electron chi connectivity index (χ3n) is 4.09. The molecule has 0 saturated carbocycles. The van der Waals surface area contributed by atoms with Crippen LogP contribution in [0.3, 0.4) is 0 Å². The topological polar surface area (TPSA) is 63.7 Å². The smallest absolute Gasteiger partial charge is 0.414 e. The molecule has 1 aliphatic heterocycles. The number of rotatable bonds is 4. The van der Waals surface area contributed by atoms with Gasteiger partial charge < -0.3 is 4.74 Å². The van der Waals surface area contributed by atoms with E-state index in [1.807, 2.05) is 54.6 Å². The number of halogens is 1. The molecule has 1 aliphatic rings. The summed E-state index contributed by atoms with van der Waals surface area (Å²) in [4.78, 5) is 14.1. The van der Waals surface area contributed by atoms with Crippen LogP contribution in [-0.2, 0) is 26.8 Å². The second-order valence-corrected chi connectivity index (χ2v) is 8.88. The van der Waals surface area contributed by atoms with Gasteiger partial charge in [0.05, 0.1) is 11.4 Å². The molecule has 1 amide bonds. The molecule has 0 spiro atoms. The van der Waals surface area contributed by atoms with Gasteiger partial charge in [0.1, 0.15) is 6.61 Å². The van der Waals surface area contributed by atoms with Crippen molar-refractivity contribution in [3.8, 4) is 0 Å². The minimum absolute atomic E-state index is 0.164. The quantitative estimate of drug-likeness (QED) is 0.762. The second-order valence-electron chi connectivity index (χ2n) is 6.06. The summed E-state index contributed by atoms with van der Waals surface area (Å²) in [5.74, 6) is -0.438. The SMILES string of the molecule is O=C(OCc1ccccc1)N1CC(CS(=O)(=O)Cl)Cc2ccccc21. The van der Waals surface area contributed by atoms with Crippen molar-refractivity contribution in [1.29, 1.82) is 0 Å². The monoisotopic (exact) mass is 379 g/mol. The normalized spacial score (nSPS) is 17.0. The Bertz CT molecular complexity index is 854. The van der Waals surface area contributed by atoms with E-state index in [2.05, 4.69) is 0 Å². The number of anilines is 1. The average molecular weight is 380 g/mol. The first-order chi connectivity index (χ1) is 11.9. The van der Waals surface area contributed by atoms with Gasteiger partial charge in [-0.2, -0.15) is 0 Å². The molecule has 0 bridgehead atoms. The lowest BCUT2D eigenvalue weighted by Crippen LogP contribution is -2.42. The molecule has 1 atom stereocenters. The van der Waals surface area contributed by atoms with E-state index in [4.69, 9.17) is 15.4 Å². The van der Waals surface area contributed by atoms with Gasteiger partial charge in [0, 0.05) is 17.2 Å². The first kappa shape index (κ1) is 17.8. The summed E-state index contributed by atoms with van der Waals surface area (Å²) >= 11 is 0. The molecule has 0 aliphatic carbocycles. The molecule has 132 valence electrons. The fourth-order valence-electron chi connectivity index (χ4n) is 3.04. The number of nitrogens with zero attached hydrogens (tertiary/aromatic N) is 1. The molecule has 2 aromatic rings. The van der Waals surface area contributed by atoms with Crippen LogP contribution in [0.2, 0.25) is 0 Å². The molecule has 0 aromatic heterocycles. The second kappa shape index (κ2) is 7.45. The van der Waals surface area contributed by atoms with Crippen molar-refractivity contribution >= 4 is 31.5 Å². The molecule has 5 nitrogen and oxygen atoms in total. The zero-order valence-corrected chi connectivity index (χ0v) is 15.0. The Morgan fingerprint density at radius 2 is 1.80 bits per heavy atom. The lowest BCUT2D eigenvalue weighted by molar-refractivity contribution is 0.145. The summed E-state index contributed by atoms with van der Waals surface area (Å²) in [6.07, 6.45) is 0.0675. The van der Waals surface area contributed by atoms with Crippen molar-refractivity contribution in [3.63, 3.8) is 0 Å². The predicted molar refractivity (Wildman–Crippen MR) is 97.2 cm³/mol. The summed E-state index contributed by atoms with van der Waals surface area (Å²) in [5, 5.41) is 0. The van der Waals surface area contributed by atoms with Crippen molar-refractivity contribution in [2.24, 2.45) is 5.92 Å². The molecular weight excluding hydrogens is 362 g/mol. The van der Waals surface area contributed by atoms with E-state index in [9.17, 15) is 13.2 Å². The van der Waals surface area contributed by atoms with Crippen LogP contribution in [0, 0.1) is 5.92 Å². The van der Waals surface area contributed by atoms with Gasteiger partial charge >= 0.3 is 6.09 Å². The summed E-state index contributed by atoms with van der Waals surface area (Å²) in [5.41, 5.74) is 2.56. The fraction of sp³-hybridized carbons (Fsp3) is 0.278. The van der Waals surface area contributed by atoms with Crippen LogP contribution in [-0.4, -0.2) is 26.8 Å². The summed E-state index contributed by atoms with van der Waals surface area (Å²) < 4.78 is 28.3. The number of hydrogen-bond acceptors (Lipinski definition) is 4. The van der Waals surface area contributed by atoms with Crippen molar-refractivity contribution in [2.45, 2.75) is 13.0 Å². The van der Waals surface area contributed by atoms with E-state index in [-0.39, 0.29) is 24.8 Å². The predicted octanol–water partition coefficient (Wildman–Crippen LogP) is 3.57. The van der Waals surface area contributed by atoms with Crippen LogP contribution in [0.4, 0.5) is 10.5 Å². The largest absolute Gasteiger partial charge is 0.444 e. The molecule has 2 aromatic carbocycles. The molecule has 0 radical (unpaired) electrons. The Labute approximate surface area is 151 Å². The standard InChI is InChI=1S/C18H18ClNO4S/c19-25(22,23)13-15-10-16-8-4-5-9-17(16)20(11-15)18(21)24-12-14-6-2-1-3-7-14/h1-9,15H,10-13H2. The maximum atomic E-state index is 12.6. The van der Waals surface area contributed by atoms with Gasteiger partial charge in [0.25, 0.3) is 0 Å². The van der Waals surface area contributed by atoms with E-state index >= 15 is 0 Å². The zero-order valence-electron chi connectivity index (χ0n) is 13.5. The van der Waals surface area contributed by atoms with Crippen LogP contribution in [0.15, 0.2) is 54.6 Å². The first-order valence-electron chi connectivity index (χ1n) is 7.91. The van der Waals surface area contributed by atoms with Gasteiger partial charge in [0.2, 0.25) is 9.05 Å². The third kappa shape index (κ3) is 4.74. The van der Waals surface area contributed by atoms with Crippen LogP contribution in [0.25, 0.3) is 0 Å². The highest BCUT2D eigenvalue weighted by atomic mass is 35.7. The number of ether oxygens (including phenoxy) is 1. The van der Waals surface area contributed by atoms with E-state index in [1.54, 1.807) is 0 Å². The Balaban J connectivity index is 1.77. The molecule has 0 N–H and O–H groups in total. The molecule has 0 fully saturated rings. The van der Waals surface area contributed by atoms with Crippen molar-refractivity contribution in [3.05, 3.63) is 65.7 Å². The first-order valence-corrected chi connectivity index (χ1v) is 10.4. The third-order valence-corrected chi connectivity index (χ3v) is 5.34. The number of carbonyl (C=O) groups is 1. The maximum absolute atomic E-state index is 12.6. The number of carbonyl (C=O) groups excluding carboxylic acids is 1. The highest BCUT2D eigenvalue weighted by molar-refractivity contribution is 8.13. The number of amides is 1. The molecular formula is C18H18ClNO4S. The van der Waals surface area contributed by atoms with Gasteiger partial charge in [-0.3, -0.25) is 4.90 Å². The van der Waals surface area contributed by atoms with Crippen LogP contribution < -0.4 is 4.90 Å². The number of para-hydroxylation sites is 1. The number of fused-ring (bicyclic) bond motifs is 1. The Morgan fingerprint density at radius 3 is 2.52 bits per heavy atom. The van der Waals surface area contributed by atoms with E-state index in [0.717, 1.165) is 16.8 Å². The van der Waals surface area contributed by atoms with Gasteiger partial charge in [-0.15, -0.1) is 0 Å². The molecule has 3 rings (SSSR count). The van der Waals surface area contributed by atoms with Gasteiger partial charge in [-0.1, -0.05) is 48.5 Å². The average Bonchev–Trinajstić information content (AvgIpc) is 2.58. The Hall–Kier alpha value is -2.05.